The van der Waals surface area contributed by atoms with Crippen molar-refractivity contribution in [2.45, 2.75) is 40.2 Å². The Hall–Kier alpha value is -2.83. The van der Waals surface area contributed by atoms with Gasteiger partial charge in [-0.05, 0) is 31.5 Å². The van der Waals surface area contributed by atoms with E-state index in [0.29, 0.717) is 24.7 Å². The van der Waals surface area contributed by atoms with Crippen LogP contribution in [0.15, 0.2) is 22.7 Å². The molecule has 3 rings (SSSR count). The Labute approximate surface area is 158 Å². The zero-order chi connectivity index (χ0) is 19.6. The lowest BCUT2D eigenvalue weighted by molar-refractivity contribution is 0.0796. The molecular formula is C20H26N4O3. The molecule has 27 heavy (non-hydrogen) atoms. The molecule has 2 heterocycles. The number of fused-ring (bicyclic) bond motifs is 1. The Morgan fingerprint density at radius 1 is 1.33 bits per heavy atom. The number of amides is 1. The SMILES string of the molecule is CCCn1c(C)c(C(=O)N(C)CCc2noc(C)n2)c2cc(OC)ccc21. The van der Waals surface area contributed by atoms with E-state index in [4.69, 9.17) is 9.26 Å². The maximum absolute atomic E-state index is 13.2. The van der Waals surface area contributed by atoms with E-state index in [-0.39, 0.29) is 5.91 Å². The van der Waals surface area contributed by atoms with Crippen LogP contribution in [-0.4, -0.2) is 46.2 Å². The molecule has 0 N–H and O–H groups in total. The van der Waals surface area contributed by atoms with E-state index in [9.17, 15) is 4.79 Å². The van der Waals surface area contributed by atoms with Crippen molar-refractivity contribution >= 4 is 16.8 Å². The smallest absolute Gasteiger partial charge is 0.256 e. The van der Waals surface area contributed by atoms with Crippen molar-refractivity contribution in [2.24, 2.45) is 0 Å². The Morgan fingerprint density at radius 3 is 2.74 bits per heavy atom. The number of hydrogen-bond donors (Lipinski definition) is 0. The number of carbonyl (C=O) groups is 1. The van der Waals surface area contributed by atoms with Crippen LogP contribution in [0.4, 0.5) is 0 Å². The highest BCUT2D eigenvalue weighted by Gasteiger charge is 2.23. The maximum atomic E-state index is 13.2. The van der Waals surface area contributed by atoms with Gasteiger partial charge in [0.25, 0.3) is 5.91 Å². The summed E-state index contributed by atoms with van der Waals surface area (Å²) in [6, 6.07) is 5.90. The van der Waals surface area contributed by atoms with E-state index in [1.54, 1.807) is 26.0 Å². The Balaban J connectivity index is 1.93. The second kappa shape index (κ2) is 7.82. The van der Waals surface area contributed by atoms with Crippen LogP contribution < -0.4 is 4.74 Å². The first-order valence-corrected chi connectivity index (χ1v) is 9.17. The van der Waals surface area contributed by atoms with Crippen LogP contribution in [0.1, 0.15) is 41.1 Å². The summed E-state index contributed by atoms with van der Waals surface area (Å²) in [5, 5.41) is 4.82. The van der Waals surface area contributed by atoms with Crippen molar-refractivity contribution in [2.75, 3.05) is 20.7 Å². The van der Waals surface area contributed by atoms with Crippen LogP contribution in [0.3, 0.4) is 0 Å². The first kappa shape index (κ1) is 18.9. The summed E-state index contributed by atoms with van der Waals surface area (Å²) in [6.45, 7) is 7.28. The molecule has 0 spiro atoms. The lowest BCUT2D eigenvalue weighted by Gasteiger charge is -2.17. The quantitative estimate of drug-likeness (QED) is 0.637. The van der Waals surface area contributed by atoms with Crippen molar-refractivity contribution in [1.29, 1.82) is 0 Å². The normalized spacial score (nSPS) is 11.1. The van der Waals surface area contributed by atoms with Gasteiger partial charge in [-0.25, -0.2) is 0 Å². The molecule has 2 aromatic heterocycles. The number of ether oxygens (including phenoxy) is 1. The predicted molar refractivity (Wildman–Crippen MR) is 103 cm³/mol. The topological polar surface area (TPSA) is 73.4 Å². The van der Waals surface area contributed by atoms with Gasteiger partial charge in [0.15, 0.2) is 5.82 Å². The molecule has 0 unspecified atom stereocenters. The van der Waals surface area contributed by atoms with E-state index >= 15 is 0 Å². The van der Waals surface area contributed by atoms with Gasteiger partial charge in [-0.1, -0.05) is 12.1 Å². The number of likely N-dealkylation sites (N-methyl/N-ethyl adjacent to an activating group) is 1. The van der Waals surface area contributed by atoms with Crippen LogP contribution in [0, 0.1) is 13.8 Å². The highest BCUT2D eigenvalue weighted by molar-refractivity contribution is 6.08. The second-order valence-corrected chi connectivity index (χ2v) is 6.70. The van der Waals surface area contributed by atoms with Crippen LogP contribution in [0.25, 0.3) is 10.9 Å². The van der Waals surface area contributed by atoms with Gasteiger partial charge in [0.05, 0.1) is 12.7 Å². The number of hydrogen-bond acceptors (Lipinski definition) is 5. The Morgan fingerprint density at radius 2 is 2.11 bits per heavy atom. The third-order valence-corrected chi connectivity index (χ3v) is 4.78. The molecule has 0 aliphatic rings. The van der Waals surface area contributed by atoms with Gasteiger partial charge in [0, 0.05) is 50.1 Å². The summed E-state index contributed by atoms with van der Waals surface area (Å²) >= 11 is 0. The van der Waals surface area contributed by atoms with Gasteiger partial charge in [-0.2, -0.15) is 4.98 Å². The minimum atomic E-state index is -0.0131. The largest absolute Gasteiger partial charge is 0.497 e. The number of methoxy groups -OCH3 is 1. The summed E-state index contributed by atoms with van der Waals surface area (Å²) in [5.41, 5.74) is 2.76. The monoisotopic (exact) mass is 370 g/mol. The van der Waals surface area contributed by atoms with Crippen molar-refractivity contribution in [3.63, 3.8) is 0 Å². The molecule has 0 bridgehead atoms. The van der Waals surface area contributed by atoms with Gasteiger partial charge in [-0.3, -0.25) is 4.79 Å². The average molecular weight is 370 g/mol. The fraction of sp³-hybridized carbons (Fsp3) is 0.450. The van der Waals surface area contributed by atoms with Gasteiger partial charge < -0.3 is 18.7 Å². The standard InChI is InChI=1S/C20H26N4O3/c1-6-10-24-13(2)19(16-12-15(26-5)7-8-17(16)24)20(25)23(4)11-9-18-21-14(3)27-22-18/h7-8,12H,6,9-11H2,1-5H3. The van der Waals surface area contributed by atoms with E-state index in [1.165, 1.54) is 0 Å². The lowest BCUT2D eigenvalue weighted by atomic mass is 10.1. The van der Waals surface area contributed by atoms with Crippen molar-refractivity contribution in [3.05, 3.63) is 41.2 Å². The highest BCUT2D eigenvalue weighted by Crippen LogP contribution is 2.30. The summed E-state index contributed by atoms with van der Waals surface area (Å²) in [7, 11) is 3.44. The van der Waals surface area contributed by atoms with E-state index < -0.39 is 0 Å². The second-order valence-electron chi connectivity index (χ2n) is 6.70. The molecule has 0 saturated carbocycles. The summed E-state index contributed by atoms with van der Waals surface area (Å²) < 4.78 is 12.6. The fourth-order valence-electron chi connectivity index (χ4n) is 3.37. The van der Waals surface area contributed by atoms with Crippen molar-refractivity contribution < 1.29 is 14.1 Å². The molecule has 0 fully saturated rings. The van der Waals surface area contributed by atoms with Crippen molar-refractivity contribution in [1.82, 2.24) is 19.6 Å². The lowest BCUT2D eigenvalue weighted by Crippen LogP contribution is -2.29. The molecule has 0 saturated heterocycles. The molecule has 3 aromatic rings. The Kier molecular flexibility index (Phi) is 5.48. The minimum Gasteiger partial charge on any atom is -0.497 e. The number of rotatable bonds is 7. The zero-order valence-corrected chi connectivity index (χ0v) is 16.6. The molecule has 144 valence electrons. The molecular weight excluding hydrogens is 344 g/mol. The molecule has 7 nitrogen and oxygen atoms in total. The third kappa shape index (κ3) is 3.67. The summed E-state index contributed by atoms with van der Waals surface area (Å²) in [6.07, 6.45) is 1.55. The molecule has 0 aliphatic heterocycles. The van der Waals surface area contributed by atoms with Crippen molar-refractivity contribution in [3.8, 4) is 5.75 Å². The average Bonchev–Trinajstić information content (AvgIpc) is 3.20. The Bertz CT molecular complexity index is 958. The maximum Gasteiger partial charge on any atom is 0.256 e. The van der Waals surface area contributed by atoms with Gasteiger partial charge in [-0.15, -0.1) is 0 Å². The van der Waals surface area contributed by atoms with Gasteiger partial charge in [0.1, 0.15) is 5.75 Å². The number of benzene rings is 1. The third-order valence-electron chi connectivity index (χ3n) is 4.78. The van der Waals surface area contributed by atoms with E-state index in [2.05, 4.69) is 21.6 Å². The summed E-state index contributed by atoms with van der Waals surface area (Å²) in [4.78, 5) is 19.1. The molecule has 1 aromatic carbocycles. The number of carbonyl (C=O) groups excluding carboxylic acids is 1. The number of nitrogens with zero attached hydrogens (tertiary/aromatic N) is 4. The van der Waals surface area contributed by atoms with Crippen LogP contribution in [-0.2, 0) is 13.0 Å². The number of aryl methyl sites for hydroxylation is 2. The molecule has 0 radical (unpaired) electrons. The first-order chi connectivity index (χ1) is 13.0. The predicted octanol–water partition coefficient (Wildman–Crippen LogP) is 3.37. The molecule has 1 amide bonds. The number of aromatic nitrogens is 3. The fourth-order valence-corrected chi connectivity index (χ4v) is 3.37. The van der Waals surface area contributed by atoms with Crippen LogP contribution in [0.2, 0.25) is 0 Å². The van der Waals surface area contributed by atoms with E-state index in [1.807, 2.05) is 25.1 Å². The van der Waals surface area contributed by atoms with Crippen LogP contribution >= 0.6 is 0 Å². The molecule has 7 heteroatoms. The van der Waals surface area contributed by atoms with Gasteiger partial charge in [0.2, 0.25) is 5.89 Å². The molecule has 0 atom stereocenters. The van der Waals surface area contributed by atoms with E-state index in [0.717, 1.165) is 40.9 Å². The zero-order valence-electron chi connectivity index (χ0n) is 16.6. The summed E-state index contributed by atoms with van der Waals surface area (Å²) in [5.74, 6) is 1.87. The van der Waals surface area contributed by atoms with Crippen LogP contribution in [0.5, 0.6) is 5.75 Å². The molecule has 0 aliphatic carbocycles. The highest BCUT2D eigenvalue weighted by atomic mass is 16.5. The van der Waals surface area contributed by atoms with Gasteiger partial charge >= 0.3 is 0 Å². The minimum absolute atomic E-state index is 0.0131. The first-order valence-electron chi connectivity index (χ1n) is 9.17.